The zero-order chi connectivity index (χ0) is 26.9. The molecule has 1 aromatic heterocycles. The van der Waals surface area contributed by atoms with E-state index in [1.54, 1.807) is 0 Å². The molecule has 1 atom stereocenters. The molecule has 0 saturated heterocycles. The second-order valence-corrected chi connectivity index (χ2v) is 10.2. The molecule has 7 rings (SSSR count). The summed E-state index contributed by atoms with van der Waals surface area (Å²) in [5.41, 5.74) is 7.66. The number of nitrogens with zero attached hydrogens (tertiary/aromatic N) is 4. The Hall–Kier alpha value is -4.87. The first-order valence-electron chi connectivity index (χ1n) is 13.6. The molecular formula is C35H28N4O. The first kappa shape index (κ1) is 24.2. The number of rotatable bonds is 6. The van der Waals surface area contributed by atoms with Gasteiger partial charge in [-0.3, -0.25) is 0 Å². The van der Waals surface area contributed by atoms with Gasteiger partial charge in [-0.2, -0.15) is 0 Å². The Morgan fingerprint density at radius 2 is 1.20 bits per heavy atom. The molecule has 1 heterocycles. The van der Waals surface area contributed by atoms with Crippen LogP contribution in [0.5, 0.6) is 0 Å². The zero-order valence-electron chi connectivity index (χ0n) is 21.9. The first-order chi connectivity index (χ1) is 19.8. The van der Waals surface area contributed by atoms with Crippen molar-refractivity contribution >= 4 is 0 Å². The minimum atomic E-state index is -0.822. The van der Waals surface area contributed by atoms with Gasteiger partial charge in [-0.25, -0.2) is 4.68 Å². The highest BCUT2D eigenvalue weighted by Crippen LogP contribution is 2.44. The van der Waals surface area contributed by atoms with Crippen LogP contribution in [0.2, 0.25) is 0 Å². The summed E-state index contributed by atoms with van der Waals surface area (Å²) in [7, 11) is 0. The van der Waals surface area contributed by atoms with E-state index in [1.165, 1.54) is 5.56 Å². The van der Waals surface area contributed by atoms with E-state index in [1.807, 2.05) is 35.0 Å². The number of hydrogen-bond acceptors (Lipinski definition) is 4. The van der Waals surface area contributed by atoms with E-state index in [4.69, 9.17) is 5.21 Å². The second-order valence-electron chi connectivity index (χ2n) is 10.2. The Balaban J connectivity index is 1.50. The lowest BCUT2D eigenvalue weighted by Gasteiger charge is -2.36. The lowest BCUT2D eigenvalue weighted by atomic mass is 9.77. The lowest BCUT2D eigenvalue weighted by molar-refractivity contribution is 0.180. The van der Waals surface area contributed by atoms with Crippen LogP contribution in [0.25, 0.3) is 22.5 Å². The molecule has 0 saturated carbocycles. The standard InChI is InChI=1S/C35H28N4O/c40-33-23-21-26-24-25(20-22-31(26)33)30-18-10-11-19-32(30)34-36-37-38-39(34)35(27-12-4-1-5-13-27,28-14-6-2-7-15-28)29-16-8-3-9-17-29/h1-20,22,24,33,40H,21,23H2. The van der Waals surface area contributed by atoms with E-state index in [2.05, 4.69) is 113 Å². The van der Waals surface area contributed by atoms with E-state index in [9.17, 15) is 5.11 Å². The van der Waals surface area contributed by atoms with Crippen molar-refractivity contribution in [1.82, 2.24) is 20.2 Å². The molecule has 0 aliphatic heterocycles. The first-order valence-corrected chi connectivity index (χ1v) is 13.6. The van der Waals surface area contributed by atoms with Crippen molar-refractivity contribution in [2.75, 3.05) is 0 Å². The smallest absolute Gasteiger partial charge is 0.184 e. The van der Waals surface area contributed by atoms with Crippen LogP contribution < -0.4 is 0 Å². The maximum absolute atomic E-state index is 10.4. The molecule has 1 aliphatic rings. The van der Waals surface area contributed by atoms with Crippen LogP contribution in [0.15, 0.2) is 133 Å². The highest BCUT2D eigenvalue weighted by atomic mass is 16.3. The van der Waals surface area contributed by atoms with Gasteiger partial charge >= 0.3 is 0 Å². The van der Waals surface area contributed by atoms with Gasteiger partial charge in [-0.1, -0.05) is 133 Å². The molecule has 1 aliphatic carbocycles. The molecule has 0 amide bonds. The van der Waals surface area contributed by atoms with Gasteiger partial charge in [0.2, 0.25) is 0 Å². The number of aliphatic hydroxyl groups is 1. The minimum Gasteiger partial charge on any atom is -0.388 e. The molecule has 194 valence electrons. The van der Waals surface area contributed by atoms with Crippen molar-refractivity contribution in [2.24, 2.45) is 0 Å². The lowest BCUT2D eigenvalue weighted by Crippen LogP contribution is -2.39. The van der Waals surface area contributed by atoms with Gasteiger partial charge in [0.05, 0.1) is 6.10 Å². The Morgan fingerprint density at radius 3 is 1.80 bits per heavy atom. The van der Waals surface area contributed by atoms with Crippen molar-refractivity contribution in [2.45, 2.75) is 24.5 Å². The van der Waals surface area contributed by atoms with Gasteiger partial charge < -0.3 is 5.11 Å². The SMILES string of the molecule is OC1CCc2cc(-c3ccccc3-c3nnnn3C(c3ccccc3)(c3ccccc3)c3ccccc3)ccc21. The second kappa shape index (κ2) is 10.0. The van der Waals surface area contributed by atoms with Gasteiger partial charge in [0.15, 0.2) is 5.82 Å². The summed E-state index contributed by atoms with van der Waals surface area (Å²) in [5, 5.41) is 24.0. The molecule has 0 radical (unpaired) electrons. The monoisotopic (exact) mass is 520 g/mol. The number of benzene rings is 5. The van der Waals surface area contributed by atoms with Crippen molar-refractivity contribution in [3.8, 4) is 22.5 Å². The third-order valence-electron chi connectivity index (χ3n) is 8.03. The van der Waals surface area contributed by atoms with E-state index in [-0.39, 0.29) is 6.10 Å². The van der Waals surface area contributed by atoms with Crippen molar-refractivity contribution in [1.29, 1.82) is 0 Å². The molecule has 6 aromatic rings. The number of hydrogen-bond donors (Lipinski definition) is 1. The Labute approximate surface area is 233 Å². The molecule has 5 heteroatoms. The van der Waals surface area contributed by atoms with Crippen LogP contribution in [0.1, 0.15) is 40.3 Å². The van der Waals surface area contributed by atoms with Crippen LogP contribution in [0.4, 0.5) is 0 Å². The van der Waals surface area contributed by atoms with Gasteiger partial charge in [0.1, 0.15) is 5.54 Å². The summed E-state index contributed by atoms with van der Waals surface area (Å²) in [6.07, 6.45) is 1.27. The van der Waals surface area contributed by atoms with E-state index in [0.29, 0.717) is 5.82 Å². The molecule has 5 aromatic carbocycles. The molecule has 1 unspecified atom stereocenters. The highest BCUT2D eigenvalue weighted by Gasteiger charge is 2.42. The summed E-state index contributed by atoms with van der Waals surface area (Å²) in [6, 6.07) is 46.0. The number of aryl methyl sites for hydroxylation is 1. The maximum Gasteiger partial charge on any atom is 0.184 e. The van der Waals surface area contributed by atoms with Crippen LogP contribution in [-0.4, -0.2) is 25.3 Å². The zero-order valence-corrected chi connectivity index (χ0v) is 21.9. The fourth-order valence-electron chi connectivity index (χ4n) is 6.18. The average molecular weight is 521 g/mol. The van der Waals surface area contributed by atoms with Crippen molar-refractivity contribution < 1.29 is 5.11 Å². The summed E-state index contributed by atoms with van der Waals surface area (Å²) >= 11 is 0. The van der Waals surface area contributed by atoms with E-state index in [0.717, 1.165) is 51.8 Å². The molecule has 40 heavy (non-hydrogen) atoms. The third kappa shape index (κ3) is 3.86. The maximum atomic E-state index is 10.4. The van der Waals surface area contributed by atoms with Crippen LogP contribution in [0, 0.1) is 0 Å². The fourth-order valence-corrected chi connectivity index (χ4v) is 6.18. The number of fused-ring (bicyclic) bond motifs is 1. The normalized spacial score (nSPS) is 14.7. The molecule has 5 nitrogen and oxygen atoms in total. The quantitative estimate of drug-likeness (QED) is 0.245. The molecular weight excluding hydrogens is 492 g/mol. The predicted octanol–water partition coefficient (Wildman–Crippen LogP) is 6.83. The summed E-state index contributed by atoms with van der Waals surface area (Å²) in [6.45, 7) is 0. The Bertz CT molecular complexity index is 1670. The average Bonchev–Trinajstić information content (AvgIpc) is 3.66. The van der Waals surface area contributed by atoms with Crippen molar-refractivity contribution in [3.63, 3.8) is 0 Å². The van der Waals surface area contributed by atoms with Crippen LogP contribution >= 0.6 is 0 Å². The van der Waals surface area contributed by atoms with Crippen LogP contribution in [-0.2, 0) is 12.0 Å². The summed E-state index contributed by atoms with van der Waals surface area (Å²) < 4.78 is 1.98. The van der Waals surface area contributed by atoms with Gasteiger partial charge in [0.25, 0.3) is 0 Å². The van der Waals surface area contributed by atoms with Crippen LogP contribution in [0.3, 0.4) is 0 Å². The van der Waals surface area contributed by atoms with E-state index >= 15 is 0 Å². The third-order valence-corrected chi connectivity index (χ3v) is 8.03. The highest BCUT2D eigenvalue weighted by molar-refractivity contribution is 5.81. The van der Waals surface area contributed by atoms with E-state index < -0.39 is 5.54 Å². The molecule has 0 fully saturated rings. The number of aromatic nitrogens is 4. The Morgan fingerprint density at radius 1 is 0.650 bits per heavy atom. The summed E-state index contributed by atoms with van der Waals surface area (Å²) in [4.78, 5) is 0. The summed E-state index contributed by atoms with van der Waals surface area (Å²) in [5.74, 6) is 0.674. The predicted molar refractivity (Wildman–Crippen MR) is 157 cm³/mol. The van der Waals surface area contributed by atoms with Crippen molar-refractivity contribution in [3.05, 3.63) is 161 Å². The fraction of sp³-hybridized carbons (Fsp3) is 0.114. The number of aliphatic hydroxyl groups excluding tert-OH is 1. The van der Waals surface area contributed by atoms with Gasteiger partial charge in [-0.05, 0) is 62.2 Å². The Kier molecular flexibility index (Phi) is 6.06. The molecule has 0 bridgehead atoms. The largest absolute Gasteiger partial charge is 0.388 e. The molecule has 1 N–H and O–H groups in total. The topological polar surface area (TPSA) is 63.8 Å². The van der Waals surface area contributed by atoms with Gasteiger partial charge in [0, 0.05) is 5.56 Å². The molecule has 0 spiro atoms. The minimum absolute atomic E-state index is 0.380. The number of tetrazole rings is 1. The van der Waals surface area contributed by atoms with Gasteiger partial charge in [-0.15, -0.1) is 5.10 Å².